The van der Waals surface area contributed by atoms with E-state index in [2.05, 4.69) is 179 Å². The summed E-state index contributed by atoms with van der Waals surface area (Å²) >= 11 is 0. The summed E-state index contributed by atoms with van der Waals surface area (Å²) in [5, 5.41) is 2.54. The molecule has 0 amide bonds. The van der Waals surface area contributed by atoms with Gasteiger partial charge in [-0.3, -0.25) is 0 Å². The van der Waals surface area contributed by atoms with E-state index in [1.165, 1.54) is 21.8 Å². The third-order valence-corrected chi connectivity index (χ3v) is 7.56. The van der Waals surface area contributed by atoms with Crippen LogP contribution in [-0.2, 0) is 0 Å². The van der Waals surface area contributed by atoms with Gasteiger partial charge < -0.3 is 14.4 Å². The summed E-state index contributed by atoms with van der Waals surface area (Å²) in [5.41, 5.74) is 9.19. The van der Waals surface area contributed by atoms with E-state index >= 15 is 0 Å². The summed E-state index contributed by atoms with van der Waals surface area (Å²) in [7, 11) is 2.14. The van der Waals surface area contributed by atoms with Crippen LogP contribution in [0.15, 0.2) is 158 Å². The van der Waals surface area contributed by atoms with E-state index in [4.69, 9.17) is 0 Å². The van der Waals surface area contributed by atoms with Crippen LogP contribution in [0.2, 0.25) is 0 Å². The van der Waals surface area contributed by atoms with Crippen molar-refractivity contribution in [1.82, 2.24) is 4.57 Å². The Bertz CT molecular complexity index is 1830. The van der Waals surface area contributed by atoms with Crippen LogP contribution in [0.5, 0.6) is 0 Å². The predicted octanol–water partition coefficient (Wildman–Crippen LogP) is 10.0. The van der Waals surface area contributed by atoms with Crippen molar-refractivity contribution in [2.75, 3.05) is 16.8 Å². The standard InChI is InChI=1S/C37H29N3/c1-38(30-18-12-20-32(26-30)39(28-14-4-2-5-15-28)29-16-6-3-7-17-29)31-19-13-21-33(27-31)40-36-24-10-8-22-34(36)35-23-9-11-25-37(35)40/h2-27H,1H3. The largest absolute Gasteiger partial charge is 0.344 e. The lowest BCUT2D eigenvalue weighted by Crippen LogP contribution is -2.13. The van der Waals surface area contributed by atoms with Crippen LogP contribution in [0, 0.1) is 0 Å². The molecule has 0 saturated heterocycles. The number of aromatic nitrogens is 1. The Balaban J connectivity index is 1.30. The van der Waals surface area contributed by atoms with E-state index < -0.39 is 0 Å². The number of nitrogens with zero attached hydrogens (tertiary/aromatic N) is 3. The van der Waals surface area contributed by atoms with Gasteiger partial charge in [0, 0.05) is 51.9 Å². The van der Waals surface area contributed by atoms with Gasteiger partial charge in [0.25, 0.3) is 0 Å². The van der Waals surface area contributed by atoms with Gasteiger partial charge in [0.1, 0.15) is 0 Å². The summed E-state index contributed by atoms with van der Waals surface area (Å²) in [6, 6.07) is 55.9. The number of hydrogen-bond acceptors (Lipinski definition) is 2. The molecule has 0 fully saturated rings. The van der Waals surface area contributed by atoms with Crippen LogP contribution < -0.4 is 9.80 Å². The molecule has 0 aliphatic carbocycles. The van der Waals surface area contributed by atoms with Crippen LogP contribution in [-0.4, -0.2) is 11.6 Å². The first-order valence-electron chi connectivity index (χ1n) is 13.6. The normalized spacial score (nSPS) is 11.1. The number of rotatable bonds is 6. The zero-order chi connectivity index (χ0) is 26.9. The molecule has 3 heteroatoms. The minimum Gasteiger partial charge on any atom is -0.344 e. The molecule has 192 valence electrons. The average Bonchev–Trinajstić information content (AvgIpc) is 3.37. The second-order valence-corrected chi connectivity index (χ2v) is 9.97. The molecule has 40 heavy (non-hydrogen) atoms. The van der Waals surface area contributed by atoms with Crippen LogP contribution in [0.4, 0.5) is 28.4 Å². The highest BCUT2D eigenvalue weighted by molar-refractivity contribution is 6.09. The molecule has 0 saturated carbocycles. The Labute approximate surface area is 234 Å². The smallest absolute Gasteiger partial charge is 0.0541 e. The molecule has 7 aromatic rings. The second-order valence-electron chi connectivity index (χ2n) is 9.97. The molecule has 0 aliphatic heterocycles. The number of anilines is 5. The molecule has 1 aromatic heterocycles. The van der Waals surface area contributed by atoms with Crippen LogP contribution in [0.25, 0.3) is 27.5 Å². The van der Waals surface area contributed by atoms with Crippen LogP contribution in [0.1, 0.15) is 0 Å². The van der Waals surface area contributed by atoms with Crippen molar-refractivity contribution < 1.29 is 0 Å². The van der Waals surface area contributed by atoms with E-state index in [1.807, 2.05) is 0 Å². The first kappa shape index (κ1) is 23.8. The molecule has 1 heterocycles. The maximum atomic E-state index is 2.37. The zero-order valence-electron chi connectivity index (χ0n) is 22.4. The van der Waals surface area contributed by atoms with Crippen molar-refractivity contribution in [3.63, 3.8) is 0 Å². The Morgan fingerprint density at radius 1 is 0.400 bits per heavy atom. The van der Waals surface area contributed by atoms with E-state index in [1.54, 1.807) is 0 Å². The number of para-hydroxylation sites is 4. The lowest BCUT2D eigenvalue weighted by Gasteiger charge is -2.27. The molecule has 0 unspecified atom stereocenters. The topological polar surface area (TPSA) is 11.4 Å². The highest BCUT2D eigenvalue weighted by Crippen LogP contribution is 2.38. The lowest BCUT2D eigenvalue weighted by molar-refractivity contribution is 1.15. The van der Waals surface area contributed by atoms with Gasteiger partial charge in [-0.1, -0.05) is 84.9 Å². The van der Waals surface area contributed by atoms with E-state index in [-0.39, 0.29) is 0 Å². The summed E-state index contributed by atoms with van der Waals surface area (Å²) in [5.74, 6) is 0. The Morgan fingerprint density at radius 2 is 0.850 bits per heavy atom. The SMILES string of the molecule is CN(c1cccc(N(c2ccccc2)c2ccccc2)c1)c1cccc(-n2c3ccccc3c3ccccc32)c1. The van der Waals surface area contributed by atoms with E-state index in [9.17, 15) is 0 Å². The number of fused-ring (bicyclic) bond motifs is 3. The number of hydrogen-bond donors (Lipinski definition) is 0. The van der Waals surface area contributed by atoms with E-state index in [0.29, 0.717) is 0 Å². The van der Waals surface area contributed by atoms with Gasteiger partial charge in [-0.2, -0.15) is 0 Å². The van der Waals surface area contributed by atoms with Crippen molar-refractivity contribution in [3.8, 4) is 5.69 Å². The van der Waals surface area contributed by atoms with Gasteiger partial charge in [-0.05, 0) is 72.8 Å². The summed E-state index contributed by atoms with van der Waals surface area (Å²) in [6.07, 6.45) is 0. The fraction of sp³-hybridized carbons (Fsp3) is 0.0270. The predicted molar refractivity (Wildman–Crippen MR) is 170 cm³/mol. The highest BCUT2D eigenvalue weighted by Gasteiger charge is 2.15. The summed E-state index contributed by atoms with van der Waals surface area (Å²) in [6.45, 7) is 0. The fourth-order valence-corrected chi connectivity index (χ4v) is 5.63. The third kappa shape index (κ3) is 4.18. The zero-order valence-corrected chi connectivity index (χ0v) is 22.4. The molecule has 3 nitrogen and oxygen atoms in total. The average molecular weight is 516 g/mol. The monoisotopic (exact) mass is 515 g/mol. The first-order chi connectivity index (χ1) is 19.8. The Morgan fingerprint density at radius 3 is 1.45 bits per heavy atom. The van der Waals surface area contributed by atoms with Gasteiger partial charge in [0.2, 0.25) is 0 Å². The third-order valence-electron chi connectivity index (χ3n) is 7.56. The Hall–Kier alpha value is -5.28. The minimum absolute atomic E-state index is 1.11. The van der Waals surface area contributed by atoms with Crippen molar-refractivity contribution in [3.05, 3.63) is 158 Å². The van der Waals surface area contributed by atoms with Crippen molar-refractivity contribution >= 4 is 50.2 Å². The van der Waals surface area contributed by atoms with Crippen molar-refractivity contribution in [1.29, 1.82) is 0 Å². The van der Waals surface area contributed by atoms with Crippen molar-refractivity contribution in [2.45, 2.75) is 0 Å². The molecule has 0 aliphatic rings. The minimum atomic E-state index is 1.11. The summed E-state index contributed by atoms with van der Waals surface area (Å²) in [4.78, 5) is 4.56. The lowest BCUT2D eigenvalue weighted by atomic mass is 10.1. The Kier molecular flexibility index (Phi) is 6.02. The van der Waals surface area contributed by atoms with Gasteiger partial charge in [-0.25, -0.2) is 0 Å². The molecular formula is C37H29N3. The van der Waals surface area contributed by atoms with Gasteiger partial charge in [0.15, 0.2) is 0 Å². The van der Waals surface area contributed by atoms with Gasteiger partial charge >= 0.3 is 0 Å². The fourth-order valence-electron chi connectivity index (χ4n) is 5.63. The van der Waals surface area contributed by atoms with Crippen molar-refractivity contribution in [2.24, 2.45) is 0 Å². The quantitative estimate of drug-likeness (QED) is 0.218. The van der Waals surface area contributed by atoms with Gasteiger partial charge in [0.05, 0.1) is 11.0 Å². The van der Waals surface area contributed by atoms with Crippen LogP contribution in [0.3, 0.4) is 0 Å². The molecule has 0 radical (unpaired) electrons. The molecule has 0 bridgehead atoms. The maximum Gasteiger partial charge on any atom is 0.0541 e. The van der Waals surface area contributed by atoms with E-state index in [0.717, 1.165) is 34.1 Å². The first-order valence-corrected chi connectivity index (χ1v) is 13.6. The highest BCUT2D eigenvalue weighted by atomic mass is 15.2. The van der Waals surface area contributed by atoms with Gasteiger partial charge in [-0.15, -0.1) is 0 Å². The molecular weight excluding hydrogens is 486 g/mol. The molecule has 0 atom stereocenters. The summed E-state index contributed by atoms with van der Waals surface area (Å²) < 4.78 is 2.37. The molecule has 0 N–H and O–H groups in total. The molecule has 0 spiro atoms. The number of benzene rings is 6. The molecule has 6 aromatic carbocycles. The second kappa shape index (κ2) is 10.1. The maximum absolute atomic E-state index is 2.37. The van der Waals surface area contributed by atoms with Crippen LogP contribution >= 0.6 is 0 Å². The molecule has 7 rings (SSSR count).